The molecule has 84 valence electrons. The van der Waals surface area contributed by atoms with Crippen LogP contribution in [0.5, 0.6) is 0 Å². The number of hydrogen-bond donors (Lipinski definition) is 0. The molecule has 0 aliphatic heterocycles. The summed E-state index contributed by atoms with van der Waals surface area (Å²) in [5.74, 6) is 0. The van der Waals surface area contributed by atoms with Gasteiger partial charge >= 0.3 is 0 Å². The second-order valence-electron chi connectivity index (χ2n) is 2.39. The molecule has 1 aromatic heterocycles. The zero-order chi connectivity index (χ0) is 11.8. The summed E-state index contributed by atoms with van der Waals surface area (Å²) in [6, 6.07) is 0.702. The van der Waals surface area contributed by atoms with Crippen LogP contribution < -0.4 is 0 Å². The zero-order valence-electron chi connectivity index (χ0n) is 6.72. The molecular weight excluding hydrogens is 294 g/mol. The Morgan fingerprint density at radius 1 is 1.33 bits per heavy atom. The lowest BCUT2D eigenvalue weighted by Crippen LogP contribution is -2.02. The van der Waals surface area contributed by atoms with E-state index in [0.717, 1.165) is 0 Å². The van der Waals surface area contributed by atoms with E-state index in [2.05, 4.69) is 4.98 Å². The molecule has 0 saturated carbocycles. The smallest absolute Gasteiger partial charge is 0.223 e. The van der Waals surface area contributed by atoms with Crippen LogP contribution in [-0.4, -0.2) is 13.4 Å². The van der Waals surface area contributed by atoms with Gasteiger partial charge in [0.1, 0.15) is 10.0 Å². The van der Waals surface area contributed by atoms with E-state index in [0.29, 0.717) is 6.07 Å². The first-order valence-corrected chi connectivity index (χ1v) is 6.38. The van der Waals surface area contributed by atoms with Crippen molar-refractivity contribution in [2.24, 2.45) is 0 Å². The molecule has 1 rings (SSSR count). The molecule has 0 radical (unpaired) electrons. The molecule has 0 aliphatic carbocycles. The van der Waals surface area contributed by atoms with Gasteiger partial charge in [0.2, 0.25) is 0 Å². The van der Waals surface area contributed by atoms with Gasteiger partial charge in [0.25, 0.3) is 15.5 Å². The first-order chi connectivity index (χ1) is 6.73. The number of rotatable bonds is 2. The molecule has 0 spiro atoms. The third kappa shape index (κ3) is 2.90. The van der Waals surface area contributed by atoms with E-state index in [1.807, 2.05) is 0 Å². The second-order valence-corrected chi connectivity index (χ2v) is 5.64. The Morgan fingerprint density at radius 3 is 2.27 bits per heavy atom. The number of halogens is 5. The van der Waals surface area contributed by atoms with Crippen LogP contribution in [0, 0.1) is 0 Å². The Morgan fingerprint density at radius 2 is 1.87 bits per heavy atom. The molecule has 9 heteroatoms. The zero-order valence-corrected chi connectivity index (χ0v) is 9.80. The van der Waals surface area contributed by atoms with Crippen LogP contribution in [0.1, 0.15) is 12.0 Å². The largest absolute Gasteiger partial charge is 0.265 e. The quantitative estimate of drug-likeness (QED) is 0.621. The summed E-state index contributed by atoms with van der Waals surface area (Å²) < 4.78 is 46.8. The first-order valence-electron chi connectivity index (χ1n) is 3.32. The predicted molar refractivity (Wildman–Crippen MR) is 52.3 cm³/mol. The van der Waals surface area contributed by atoms with E-state index < -0.39 is 31.1 Å². The first kappa shape index (κ1) is 12.9. The molecule has 1 heterocycles. The number of hydrogen-bond acceptors (Lipinski definition) is 3. The fraction of sp³-hybridized carbons (Fsp3) is 0.167. The minimum atomic E-state index is -4.39. The number of aromatic nitrogens is 1. The van der Waals surface area contributed by atoms with Crippen molar-refractivity contribution >= 4 is 42.9 Å². The standard InChI is InChI=1S/C6H2Cl3F2NO2S/c7-3-1-2(6(10)11)4(5(8)12-3)15(9,13)14/h1,6H. The van der Waals surface area contributed by atoms with Gasteiger partial charge in [-0.05, 0) is 6.07 Å². The Kier molecular flexibility index (Phi) is 3.76. The molecule has 3 nitrogen and oxygen atoms in total. The minimum Gasteiger partial charge on any atom is -0.223 e. The van der Waals surface area contributed by atoms with Crippen LogP contribution in [0.3, 0.4) is 0 Å². The molecular formula is C6H2Cl3F2NO2S. The molecule has 0 bridgehead atoms. The van der Waals surface area contributed by atoms with Crippen molar-refractivity contribution in [1.82, 2.24) is 4.98 Å². The lowest BCUT2D eigenvalue weighted by molar-refractivity contribution is 0.148. The molecule has 1 aromatic rings. The van der Waals surface area contributed by atoms with E-state index in [1.54, 1.807) is 0 Å². The highest BCUT2D eigenvalue weighted by atomic mass is 35.7. The Labute approximate surface area is 98.4 Å². The van der Waals surface area contributed by atoms with Crippen LogP contribution in [-0.2, 0) is 9.05 Å². The molecule has 0 saturated heterocycles. The van der Waals surface area contributed by atoms with E-state index in [1.165, 1.54) is 0 Å². The van der Waals surface area contributed by atoms with Crippen molar-refractivity contribution in [3.63, 3.8) is 0 Å². The third-order valence-corrected chi connectivity index (χ3v) is 3.37. The number of nitrogens with zero attached hydrogens (tertiary/aromatic N) is 1. The molecule has 0 aromatic carbocycles. The minimum absolute atomic E-state index is 0.334. The van der Waals surface area contributed by atoms with E-state index >= 15 is 0 Å². The third-order valence-electron chi connectivity index (χ3n) is 1.41. The van der Waals surface area contributed by atoms with Gasteiger partial charge in [0, 0.05) is 16.2 Å². The molecule has 0 aliphatic rings. The van der Waals surface area contributed by atoms with Gasteiger partial charge < -0.3 is 0 Å². The number of pyridine rings is 1. The molecule has 15 heavy (non-hydrogen) atoms. The maximum Gasteiger partial charge on any atom is 0.265 e. The average Bonchev–Trinajstić information content (AvgIpc) is 1.99. The molecule has 0 amide bonds. The molecule has 0 N–H and O–H groups in total. The van der Waals surface area contributed by atoms with Gasteiger partial charge in [-0.25, -0.2) is 22.2 Å². The highest BCUT2D eigenvalue weighted by molar-refractivity contribution is 8.13. The fourth-order valence-corrected chi connectivity index (χ4v) is 2.92. The van der Waals surface area contributed by atoms with E-state index in [9.17, 15) is 17.2 Å². The monoisotopic (exact) mass is 295 g/mol. The lowest BCUT2D eigenvalue weighted by atomic mass is 10.3. The van der Waals surface area contributed by atoms with E-state index in [4.69, 9.17) is 33.9 Å². The van der Waals surface area contributed by atoms with E-state index in [-0.39, 0.29) is 5.15 Å². The molecule has 0 fully saturated rings. The predicted octanol–water partition coefficient (Wildman–Crippen LogP) is 3.25. The van der Waals surface area contributed by atoms with Gasteiger partial charge in [0.15, 0.2) is 5.15 Å². The van der Waals surface area contributed by atoms with Crippen LogP contribution in [0.2, 0.25) is 10.3 Å². The van der Waals surface area contributed by atoms with Crippen LogP contribution >= 0.6 is 33.9 Å². The van der Waals surface area contributed by atoms with Crippen molar-refractivity contribution in [2.75, 3.05) is 0 Å². The van der Waals surface area contributed by atoms with Gasteiger partial charge in [0.05, 0.1) is 0 Å². The van der Waals surface area contributed by atoms with Crippen molar-refractivity contribution in [2.45, 2.75) is 11.3 Å². The normalized spacial score (nSPS) is 12.1. The van der Waals surface area contributed by atoms with Gasteiger partial charge in [-0.2, -0.15) is 0 Å². The fourth-order valence-electron chi connectivity index (χ4n) is 0.893. The summed E-state index contributed by atoms with van der Waals surface area (Å²) >= 11 is 10.7. The van der Waals surface area contributed by atoms with Gasteiger partial charge in [-0.15, -0.1) is 0 Å². The Balaban J connectivity index is 3.62. The lowest BCUT2D eigenvalue weighted by Gasteiger charge is -2.07. The van der Waals surface area contributed by atoms with Crippen LogP contribution in [0.25, 0.3) is 0 Å². The maximum absolute atomic E-state index is 12.4. The number of alkyl halides is 2. The average molecular weight is 297 g/mol. The highest BCUT2D eigenvalue weighted by Gasteiger charge is 2.26. The second kappa shape index (κ2) is 4.37. The summed E-state index contributed by atoms with van der Waals surface area (Å²) in [6.07, 6.45) is -3.06. The summed E-state index contributed by atoms with van der Waals surface area (Å²) in [7, 11) is 0.550. The highest BCUT2D eigenvalue weighted by Crippen LogP contribution is 2.34. The topological polar surface area (TPSA) is 47.0 Å². The van der Waals surface area contributed by atoms with Crippen LogP contribution in [0.4, 0.5) is 8.78 Å². The maximum atomic E-state index is 12.4. The van der Waals surface area contributed by atoms with Crippen molar-refractivity contribution in [3.05, 3.63) is 21.9 Å². The van der Waals surface area contributed by atoms with Crippen LogP contribution in [0.15, 0.2) is 11.0 Å². The van der Waals surface area contributed by atoms with Gasteiger partial charge in [-0.3, -0.25) is 0 Å². The van der Waals surface area contributed by atoms with Gasteiger partial charge in [-0.1, -0.05) is 23.2 Å². The summed E-state index contributed by atoms with van der Waals surface area (Å²) in [4.78, 5) is 2.41. The van der Waals surface area contributed by atoms with Crippen molar-refractivity contribution in [1.29, 1.82) is 0 Å². The molecule has 0 unspecified atom stereocenters. The molecule has 0 atom stereocenters. The van der Waals surface area contributed by atoms with Crippen molar-refractivity contribution < 1.29 is 17.2 Å². The summed E-state index contributed by atoms with van der Waals surface area (Å²) in [6.45, 7) is 0. The Bertz CT molecular complexity index is 491. The summed E-state index contributed by atoms with van der Waals surface area (Å²) in [5, 5.41) is -1.01. The van der Waals surface area contributed by atoms with Crippen molar-refractivity contribution in [3.8, 4) is 0 Å². The Hall–Kier alpha value is -0.170. The summed E-state index contributed by atoms with van der Waals surface area (Å²) in [5.41, 5.74) is -0.866. The SMILES string of the molecule is O=S(=O)(Cl)c1c(C(F)F)cc(Cl)nc1Cl.